The van der Waals surface area contributed by atoms with Crippen molar-refractivity contribution in [2.24, 2.45) is 5.10 Å². The Labute approximate surface area is 132 Å². The molecule has 0 N–H and O–H groups in total. The molecule has 1 aliphatic rings. The van der Waals surface area contributed by atoms with Gasteiger partial charge in [-0.15, -0.1) is 0 Å². The summed E-state index contributed by atoms with van der Waals surface area (Å²) < 4.78 is 0. The Kier molecular flexibility index (Phi) is 4.54. The van der Waals surface area contributed by atoms with Crippen LogP contribution in [-0.4, -0.2) is 48.8 Å². The summed E-state index contributed by atoms with van der Waals surface area (Å²) >= 11 is 0. The quantitative estimate of drug-likeness (QED) is 0.808. The fourth-order valence-corrected chi connectivity index (χ4v) is 2.72. The van der Waals surface area contributed by atoms with Crippen LogP contribution in [0.5, 0.6) is 0 Å². The average molecular weight is 293 g/mol. The van der Waals surface area contributed by atoms with E-state index in [0.29, 0.717) is 0 Å². The van der Waals surface area contributed by atoms with Crippen LogP contribution in [0.25, 0.3) is 11.1 Å². The second-order valence-electron chi connectivity index (χ2n) is 5.89. The zero-order chi connectivity index (χ0) is 15.4. The molecule has 2 aromatic carbocycles. The molecule has 3 heteroatoms. The molecular formula is C19H23N3. The first-order valence-corrected chi connectivity index (χ1v) is 7.87. The molecular weight excluding hydrogens is 270 g/mol. The lowest BCUT2D eigenvalue weighted by Crippen LogP contribution is -2.42. The fourth-order valence-electron chi connectivity index (χ4n) is 2.72. The zero-order valence-corrected chi connectivity index (χ0v) is 13.4. The Morgan fingerprint density at radius 1 is 0.864 bits per heavy atom. The SMILES string of the molecule is CC(=NN1CCN(C)CC1)c1cccc(-c2ccccc2)c1. The van der Waals surface area contributed by atoms with Gasteiger partial charge in [-0.1, -0.05) is 48.5 Å². The van der Waals surface area contributed by atoms with Gasteiger partial charge < -0.3 is 4.90 Å². The van der Waals surface area contributed by atoms with Crippen molar-refractivity contribution in [1.29, 1.82) is 0 Å². The molecule has 0 aliphatic carbocycles. The van der Waals surface area contributed by atoms with Crippen molar-refractivity contribution < 1.29 is 0 Å². The molecule has 3 rings (SSSR count). The Bertz CT molecular complexity index is 641. The van der Waals surface area contributed by atoms with Gasteiger partial charge in [-0.2, -0.15) is 5.10 Å². The highest BCUT2D eigenvalue weighted by atomic mass is 15.5. The van der Waals surface area contributed by atoms with Crippen molar-refractivity contribution in [1.82, 2.24) is 9.91 Å². The first kappa shape index (κ1) is 14.8. The van der Waals surface area contributed by atoms with Gasteiger partial charge in [0.15, 0.2) is 0 Å². The fraction of sp³-hybridized carbons (Fsp3) is 0.316. The van der Waals surface area contributed by atoms with Gasteiger partial charge in [0.05, 0.1) is 5.71 Å². The Morgan fingerprint density at radius 3 is 2.27 bits per heavy atom. The molecule has 0 spiro atoms. The van der Waals surface area contributed by atoms with E-state index in [0.717, 1.165) is 31.9 Å². The van der Waals surface area contributed by atoms with E-state index in [1.54, 1.807) is 0 Å². The third-order valence-electron chi connectivity index (χ3n) is 4.16. The van der Waals surface area contributed by atoms with Gasteiger partial charge in [-0.05, 0) is 36.7 Å². The Morgan fingerprint density at radius 2 is 1.55 bits per heavy atom. The van der Waals surface area contributed by atoms with Crippen molar-refractivity contribution in [2.45, 2.75) is 6.92 Å². The van der Waals surface area contributed by atoms with E-state index in [4.69, 9.17) is 5.10 Å². The highest BCUT2D eigenvalue weighted by Gasteiger charge is 2.12. The van der Waals surface area contributed by atoms with Crippen LogP contribution in [0.3, 0.4) is 0 Å². The molecule has 2 aromatic rings. The Hall–Kier alpha value is -2.13. The minimum absolute atomic E-state index is 1.01. The zero-order valence-electron chi connectivity index (χ0n) is 13.4. The molecule has 0 amide bonds. The predicted molar refractivity (Wildman–Crippen MR) is 93.2 cm³/mol. The summed E-state index contributed by atoms with van der Waals surface area (Å²) in [5.41, 5.74) is 4.77. The summed E-state index contributed by atoms with van der Waals surface area (Å²) in [5.74, 6) is 0. The summed E-state index contributed by atoms with van der Waals surface area (Å²) in [6.07, 6.45) is 0. The van der Waals surface area contributed by atoms with Crippen molar-refractivity contribution in [3.63, 3.8) is 0 Å². The van der Waals surface area contributed by atoms with E-state index in [-0.39, 0.29) is 0 Å². The molecule has 1 heterocycles. The van der Waals surface area contributed by atoms with Gasteiger partial charge in [0, 0.05) is 26.2 Å². The van der Waals surface area contributed by atoms with Crippen molar-refractivity contribution in [3.8, 4) is 11.1 Å². The van der Waals surface area contributed by atoms with Gasteiger partial charge in [0.25, 0.3) is 0 Å². The monoisotopic (exact) mass is 293 g/mol. The first-order valence-electron chi connectivity index (χ1n) is 7.87. The summed E-state index contributed by atoms with van der Waals surface area (Å²) in [6, 6.07) is 19.1. The molecule has 22 heavy (non-hydrogen) atoms. The number of hydrazone groups is 1. The minimum atomic E-state index is 1.01. The summed E-state index contributed by atoms with van der Waals surface area (Å²) in [4.78, 5) is 2.34. The molecule has 1 saturated heterocycles. The number of rotatable bonds is 3. The van der Waals surface area contributed by atoms with Crippen LogP contribution in [0.4, 0.5) is 0 Å². The lowest BCUT2D eigenvalue weighted by Gasteiger charge is -2.30. The number of hydrogen-bond acceptors (Lipinski definition) is 3. The van der Waals surface area contributed by atoms with E-state index in [2.05, 4.69) is 72.4 Å². The standard InChI is InChI=1S/C19H23N3/c1-16(20-22-13-11-21(2)12-14-22)18-9-6-10-19(15-18)17-7-4-3-5-8-17/h3-10,15H,11-14H2,1-2H3. The topological polar surface area (TPSA) is 18.8 Å². The van der Waals surface area contributed by atoms with Crippen LogP contribution in [0.1, 0.15) is 12.5 Å². The maximum absolute atomic E-state index is 4.80. The van der Waals surface area contributed by atoms with Crippen molar-refractivity contribution in [2.75, 3.05) is 33.2 Å². The molecule has 1 aliphatic heterocycles. The first-order chi connectivity index (χ1) is 10.7. The van der Waals surface area contributed by atoms with Gasteiger partial charge in [-0.3, -0.25) is 5.01 Å². The second kappa shape index (κ2) is 6.75. The molecule has 1 fully saturated rings. The number of benzene rings is 2. The minimum Gasteiger partial charge on any atom is -0.303 e. The maximum atomic E-state index is 4.80. The van der Waals surface area contributed by atoms with Gasteiger partial charge >= 0.3 is 0 Å². The molecule has 0 unspecified atom stereocenters. The number of piperazine rings is 1. The van der Waals surface area contributed by atoms with E-state index in [1.165, 1.54) is 16.7 Å². The van der Waals surface area contributed by atoms with E-state index in [1.807, 2.05) is 6.07 Å². The third-order valence-corrected chi connectivity index (χ3v) is 4.16. The van der Waals surface area contributed by atoms with Crippen molar-refractivity contribution in [3.05, 3.63) is 60.2 Å². The number of likely N-dealkylation sites (N-methyl/N-ethyl adjacent to an activating group) is 1. The predicted octanol–water partition coefficient (Wildman–Crippen LogP) is 3.33. The van der Waals surface area contributed by atoms with Gasteiger partial charge in [0.2, 0.25) is 0 Å². The van der Waals surface area contributed by atoms with Crippen LogP contribution in [0, 0.1) is 0 Å². The van der Waals surface area contributed by atoms with Crippen LogP contribution >= 0.6 is 0 Å². The average Bonchev–Trinajstić information content (AvgIpc) is 2.58. The van der Waals surface area contributed by atoms with Crippen molar-refractivity contribution >= 4 is 5.71 Å². The largest absolute Gasteiger partial charge is 0.303 e. The molecule has 3 nitrogen and oxygen atoms in total. The summed E-state index contributed by atoms with van der Waals surface area (Å²) in [5, 5.41) is 6.98. The number of hydrogen-bond donors (Lipinski definition) is 0. The molecule has 0 aromatic heterocycles. The van der Waals surface area contributed by atoms with E-state index >= 15 is 0 Å². The van der Waals surface area contributed by atoms with Crippen LogP contribution in [0.15, 0.2) is 59.7 Å². The normalized spacial score (nSPS) is 16.8. The van der Waals surface area contributed by atoms with E-state index < -0.39 is 0 Å². The number of nitrogens with zero attached hydrogens (tertiary/aromatic N) is 3. The summed E-state index contributed by atoms with van der Waals surface area (Å²) in [6.45, 7) is 6.28. The molecule has 0 radical (unpaired) electrons. The highest BCUT2D eigenvalue weighted by Crippen LogP contribution is 2.20. The lowest BCUT2D eigenvalue weighted by molar-refractivity contribution is 0.159. The lowest BCUT2D eigenvalue weighted by atomic mass is 10.0. The van der Waals surface area contributed by atoms with Gasteiger partial charge in [0.1, 0.15) is 0 Å². The second-order valence-corrected chi connectivity index (χ2v) is 5.89. The summed E-state index contributed by atoms with van der Waals surface area (Å²) in [7, 11) is 2.16. The van der Waals surface area contributed by atoms with E-state index in [9.17, 15) is 0 Å². The van der Waals surface area contributed by atoms with Crippen LogP contribution in [0.2, 0.25) is 0 Å². The highest BCUT2D eigenvalue weighted by molar-refractivity contribution is 5.99. The molecule has 0 bridgehead atoms. The smallest absolute Gasteiger partial charge is 0.0646 e. The molecule has 0 atom stereocenters. The van der Waals surface area contributed by atoms with Crippen LogP contribution in [-0.2, 0) is 0 Å². The molecule has 114 valence electrons. The molecule has 0 saturated carbocycles. The van der Waals surface area contributed by atoms with Gasteiger partial charge in [-0.25, -0.2) is 0 Å². The Balaban J connectivity index is 1.80. The third kappa shape index (κ3) is 3.55. The maximum Gasteiger partial charge on any atom is 0.0646 e. The van der Waals surface area contributed by atoms with Crippen LogP contribution < -0.4 is 0 Å².